The lowest BCUT2D eigenvalue weighted by Crippen LogP contribution is -2.18. The van der Waals surface area contributed by atoms with Crippen molar-refractivity contribution in [1.82, 2.24) is 5.32 Å². The molecule has 0 radical (unpaired) electrons. The maximum atomic E-state index is 9.89. The Morgan fingerprint density at radius 3 is 2.55 bits per heavy atom. The summed E-state index contributed by atoms with van der Waals surface area (Å²) in [6, 6.07) is 15.3. The van der Waals surface area contributed by atoms with Gasteiger partial charge in [0.25, 0.3) is 0 Å². The number of aromatic hydroxyl groups is 1. The van der Waals surface area contributed by atoms with Crippen LogP contribution in [0.25, 0.3) is 0 Å². The first-order valence-corrected chi connectivity index (χ1v) is 6.62. The molecule has 0 bridgehead atoms. The molecule has 0 aromatic heterocycles. The number of nitriles is 1. The molecule has 0 heterocycles. The van der Waals surface area contributed by atoms with Gasteiger partial charge in [-0.15, -0.1) is 0 Å². The zero-order valence-electron chi connectivity index (χ0n) is 11.7. The molecule has 1 atom stereocenters. The van der Waals surface area contributed by atoms with Crippen LogP contribution in [0, 0.1) is 18.3 Å². The van der Waals surface area contributed by atoms with E-state index in [1.54, 1.807) is 6.07 Å². The zero-order chi connectivity index (χ0) is 14.5. The summed E-state index contributed by atoms with van der Waals surface area (Å²) >= 11 is 0. The number of benzene rings is 2. The lowest BCUT2D eigenvalue weighted by atomic mass is 10.0. The molecule has 102 valence electrons. The summed E-state index contributed by atoms with van der Waals surface area (Å²) in [6.45, 7) is 4.73. The van der Waals surface area contributed by atoms with Crippen molar-refractivity contribution in [3.8, 4) is 11.8 Å². The number of rotatable bonds is 4. The van der Waals surface area contributed by atoms with Gasteiger partial charge in [0.1, 0.15) is 5.75 Å². The fourth-order valence-corrected chi connectivity index (χ4v) is 2.10. The van der Waals surface area contributed by atoms with Gasteiger partial charge in [-0.2, -0.15) is 5.26 Å². The topological polar surface area (TPSA) is 56.0 Å². The van der Waals surface area contributed by atoms with Crippen LogP contribution in [-0.2, 0) is 6.54 Å². The molecule has 20 heavy (non-hydrogen) atoms. The molecule has 0 saturated heterocycles. The van der Waals surface area contributed by atoms with Gasteiger partial charge in [0, 0.05) is 18.2 Å². The first-order chi connectivity index (χ1) is 9.60. The van der Waals surface area contributed by atoms with Gasteiger partial charge in [-0.1, -0.05) is 29.8 Å². The van der Waals surface area contributed by atoms with E-state index < -0.39 is 0 Å². The molecular weight excluding hydrogens is 248 g/mol. The quantitative estimate of drug-likeness (QED) is 0.891. The van der Waals surface area contributed by atoms with Gasteiger partial charge in [0.15, 0.2) is 0 Å². The van der Waals surface area contributed by atoms with E-state index in [9.17, 15) is 5.11 Å². The average Bonchev–Trinajstić information content (AvgIpc) is 2.47. The number of phenolic OH excluding ortho intramolecular Hbond substituents is 1. The molecule has 0 aliphatic rings. The largest absolute Gasteiger partial charge is 0.508 e. The summed E-state index contributed by atoms with van der Waals surface area (Å²) in [5.41, 5.74) is 3.81. The second-order valence-corrected chi connectivity index (χ2v) is 4.97. The van der Waals surface area contributed by atoms with Gasteiger partial charge < -0.3 is 10.4 Å². The van der Waals surface area contributed by atoms with Gasteiger partial charge in [0.2, 0.25) is 0 Å². The smallest absolute Gasteiger partial charge is 0.120 e. The highest BCUT2D eigenvalue weighted by Crippen LogP contribution is 2.25. The van der Waals surface area contributed by atoms with Crippen LogP contribution in [0.4, 0.5) is 0 Å². The molecule has 2 N–H and O–H groups in total. The SMILES string of the molecule is Cc1ccc(O)c(C(C)NCc2ccc(C#N)cc2)c1. The minimum absolute atomic E-state index is 0.0607. The summed E-state index contributed by atoms with van der Waals surface area (Å²) < 4.78 is 0. The summed E-state index contributed by atoms with van der Waals surface area (Å²) in [5, 5.41) is 22.0. The summed E-state index contributed by atoms with van der Waals surface area (Å²) in [4.78, 5) is 0. The number of hydrogen-bond donors (Lipinski definition) is 2. The van der Waals surface area contributed by atoms with Crippen LogP contribution in [0.15, 0.2) is 42.5 Å². The molecule has 0 aliphatic heterocycles. The number of hydrogen-bond acceptors (Lipinski definition) is 3. The van der Waals surface area contributed by atoms with Crippen molar-refractivity contribution in [3.63, 3.8) is 0 Å². The van der Waals surface area contributed by atoms with E-state index >= 15 is 0 Å². The number of nitrogens with one attached hydrogen (secondary N) is 1. The van der Waals surface area contributed by atoms with Gasteiger partial charge in [-0.25, -0.2) is 0 Å². The van der Waals surface area contributed by atoms with Crippen molar-refractivity contribution in [2.45, 2.75) is 26.4 Å². The Kier molecular flexibility index (Phi) is 4.39. The monoisotopic (exact) mass is 266 g/mol. The van der Waals surface area contributed by atoms with Crippen molar-refractivity contribution in [3.05, 3.63) is 64.7 Å². The maximum absolute atomic E-state index is 9.89. The van der Waals surface area contributed by atoms with Crippen LogP contribution in [0.5, 0.6) is 5.75 Å². The van der Waals surface area contributed by atoms with Crippen LogP contribution in [0.3, 0.4) is 0 Å². The van der Waals surface area contributed by atoms with Crippen LogP contribution in [0.1, 0.15) is 35.2 Å². The van der Waals surface area contributed by atoms with E-state index in [0.717, 1.165) is 16.7 Å². The van der Waals surface area contributed by atoms with E-state index in [4.69, 9.17) is 5.26 Å². The van der Waals surface area contributed by atoms with Crippen LogP contribution in [0.2, 0.25) is 0 Å². The van der Waals surface area contributed by atoms with Gasteiger partial charge in [-0.05, 0) is 37.6 Å². The molecule has 0 aliphatic carbocycles. The fourth-order valence-electron chi connectivity index (χ4n) is 2.10. The Balaban J connectivity index is 2.02. The third-order valence-corrected chi connectivity index (χ3v) is 3.34. The normalized spacial score (nSPS) is 11.8. The molecule has 2 aromatic carbocycles. The molecule has 3 heteroatoms. The Labute approximate surface area is 119 Å². The highest BCUT2D eigenvalue weighted by molar-refractivity contribution is 5.38. The van der Waals surface area contributed by atoms with E-state index in [1.165, 1.54) is 0 Å². The Morgan fingerprint density at radius 1 is 1.20 bits per heavy atom. The fraction of sp³-hybridized carbons (Fsp3) is 0.235. The van der Waals surface area contributed by atoms with Crippen molar-refractivity contribution in [2.75, 3.05) is 0 Å². The number of nitrogens with zero attached hydrogens (tertiary/aromatic N) is 1. The summed E-state index contributed by atoms with van der Waals surface area (Å²) in [7, 11) is 0. The zero-order valence-corrected chi connectivity index (χ0v) is 11.7. The Hall–Kier alpha value is -2.31. The van der Waals surface area contributed by atoms with Crippen molar-refractivity contribution >= 4 is 0 Å². The molecule has 0 amide bonds. The minimum Gasteiger partial charge on any atom is -0.508 e. The first-order valence-electron chi connectivity index (χ1n) is 6.62. The van der Waals surface area contributed by atoms with E-state index in [0.29, 0.717) is 17.9 Å². The van der Waals surface area contributed by atoms with Crippen molar-refractivity contribution < 1.29 is 5.11 Å². The minimum atomic E-state index is 0.0607. The number of phenols is 1. The Morgan fingerprint density at radius 2 is 1.90 bits per heavy atom. The predicted octanol–water partition coefficient (Wildman–Crippen LogP) is 3.42. The Bertz CT molecular complexity index is 626. The molecule has 0 saturated carbocycles. The standard InChI is InChI=1S/C17H18N2O/c1-12-3-8-17(20)16(9-12)13(2)19-11-15-6-4-14(10-18)5-7-15/h3-9,13,19-20H,11H2,1-2H3. The van der Waals surface area contributed by atoms with Gasteiger partial charge in [0.05, 0.1) is 11.6 Å². The maximum Gasteiger partial charge on any atom is 0.120 e. The molecule has 0 spiro atoms. The molecule has 3 nitrogen and oxygen atoms in total. The lowest BCUT2D eigenvalue weighted by Gasteiger charge is -2.16. The first kappa shape index (κ1) is 14.1. The van der Waals surface area contributed by atoms with Crippen molar-refractivity contribution in [1.29, 1.82) is 5.26 Å². The molecule has 1 unspecified atom stereocenters. The highest BCUT2D eigenvalue weighted by Gasteiger charge is 2.10. The second-order valence-electron chi connectivity index (χ2n) is 4.97. The molecule has 0 fully saturated rings. The van der Waals surface area contributed by atoms with Crippen molar-refractivity contribution in [2.24, 2.45) is 0 Å². The van der Waals surface area contributed by atoms with E-state index in [-0.39, 0.29) is 6.04 Å². The summed E-state index contributed by atoms with van der Waals surface area (Å²) in [6.07, 6.45) is 0. The summed E-state index contributed by atoms with van der Waals surface area (Å²) in [5.74, 6) is 0.315. The highest BCUT2D eigenvalue weighted by atomic mass is 16.3. The predicted molar refractivity (Wildman–Crippen MR) is 79.3 cm³/mol. The van der Waals surface area contributed by atoms with Gasteiger partial charge >= 0.3 is 0 Å². The molecule has 2 rings (SSSR count). The van der Waals surface area contributed by atoms with E-state index in [2.05, 4.69) is 11.4 Å². The van der Waals surface area contributed by atoms with Crippen LogP contribution in [-0.4, -0.2) is 5.11 Å². The third-order valence-electron chi connectivity index (χ3n) is 3.34. The van der Waals surface area contributed by atoms with Gasteiger partial charge in [-0.3, -0.25) is 0 Å². The average molecular weight is 266 g/mol. The third kappa shape index (κ3) is 3.37. The van der Waals surface area contributed by atoms with E-state index in [1.807, 2.05) is 50.2 Å². The van der Waals surface area contributed by atoms with Crippen LogP contribution < -0.4 is 5.32 Å². The molecular formula is C17H18N2O. The lowest BCUT2D eigenvalue weighted by molar-refractivity contribution is 0.452. The second kappa shape index (κ2) is 6.23. The van der Waals surface area contributed by atoms with Crippen LogP contribution >= 0.6 is 0 Å². The number of aryl methyl sites for hydroxylation is 1. The molecule has 2 aromatic rings.